The Labute approximate surface area is 177 Å². The van der Waals surface area contributed by atoms with Crippen molar-refractivity contribution in [1.29, 1.82) is 0 Å². The highest BCUT2D eigenvalue weighted by atomic mass is 32.1. The molecule has 2 amide bonds. The molecule has 2 aromatic carbocycles. The molecule has 9 heteroatoms. The minimum absolute atomic E-state index is 0.0251. The molecule has 0 radical (unpaired) electrons. The summed E-state index contributed by atoms with van der Waals surface area (Å²) < 4.78 is 0. The Morgan fingerprint density at radius 2 is 1.77 bits per heavy atom. The van der Waals surface area contributed by atoms with E-state index in [0.717, 1.165) is 0 Å². The number of nitro benzene ring substituents is 1. The molecule has 0 aliphatic rings. The summed E-state index contributed by atoms with van der Waals surface area (Å²) in [6.45, 7) is 0.560. The van der Waals surface area contributed by atoms with Crippen LogP contribution in [0.1, 0.15) is 20.0 Å². The lowest BCUT2D eigenvalue weighted by atomic mass is 10.1. The van der Waals surface area contributed by atoms with Gasteiger partial charge in [-0.15, -0.1) is 11.3 Å². The van der Waals surface area contributed by atoms with Gasteiger partial charge in [-0.25, -0.2) is 0 Å². The molecule has 0 fully saturated rings. The predicted molar refractivity (Wildman–Crippen MR) is 117 cm³/mol. The van der Waals surface area contributed by atoms with E-state index < -0.39 is 4.92 Å². The fourth-order valence-electron chi connectivity index (χ4n) is 2.88. The molecule has 3 aromatic rings. The van der Waals surface area contributed by atoms with Crippen molar-refractivity contribution in [2.24, 2.45) is 0 Å². The van der Waals surface area contributed by atoms with Crippen molar-refractivity contribution in [3.63, 3.8) is 0 Å². The highest BCUT2D eigenvalue weighted by molar-refractivity contribution is 7.12. The van der Waals surface area contributed by atoms with E-state index in [2.05, 4.69) is 10.6 Å². The van der Waals surface area contributed by atoms with Crippen LogP contribution in [-0.2, 0) is 0 Å². The smallest absolute Gasteiger partial charge is 0.292 e. The number of carbonyl (C=O) groups excluding carboxylic acids is 2. The van der Waals surface area contributed by atoms with Gasteiger partial charge in [-0.2, -0.15) is 0 Å². The molecule has 3 rings (SSSR count). The zero-order valence-electron chi connectivity index (χ0n) is 16.2. The molecule has 0 saturated heterocycles. The van der Waals surface area contributed by atoms with Gasteiger partial charge in [0.1, 0.15) is 5.69 Å². The van der Waals surface area contributed by atoms with Crippen LogP contribution in [0.15, 0.2) is 66.0 Å². The predicted octanol–water partition coefficient (Wildman–Crippen LogP) is 3.77. The van der Waals surface area contributed by atoms with Crippen LogP contribution in [0.2, 0.25) is 0 Å². The van der Waals surface area contributed by atoms with Gasteiger partial charge in [0, 0.05) is 26.2 Å². The van der Waals surface area contributed by atoms with Gasteiger partial charge in [-0.05, 0) is 29.6 Å². The first kappa shape index (κ1) is 21.0. The van der Waals surface area contributed by atoms with E-state index in [1.807, 2.05) is 5.38 Å². The largest absolute Gasteiger partial charge is 0.378 e. The molecule has 154 valence electrons. The number of benzene rings is 2. The van der Waals surface area contributed by atoms with Crippen molar-refractivity contribution >= 4 is 40.2 Å². The van der Waals surface area contributed by atoms with Gasteiger partial charge >= 0.3 is 0 Å². The molecule has 0 bridgehead atoms. The average Bonchev–Trinajstić information content (AvgIpc) is 3.30. The number of hydrogen-bond acceptors (Lipinski definition) is 6. The fraction of sp³-hybridized carbons (Fsp3) is 0.143. The molecule has 8 nitrogen and oxygen atoms in total. The number of nitrogens with zero attached hydrogens (tertiary/aromatic N) is 2. The summed E-state index contributed by atoms with van der Waals surface area (Å²) in [7, 11) is 1.63. The molecule has 0 atom stereocenters. The second kappa shape index (κ2) is 9.66. The van der Waals surface area contributed by atoms with Crippen LogP contribution < -0.4 is 15.5 Å². The zero-order valence-corrected chi connectivity index (χ0v) is 17.0. The number of amides is 2. The van der Waals surface area contributed by atoms with Crippen LogP contribution in [0.5, 0.6) is 0 Å². The van der Waals surface area contributed by atoms with Crippen LogP contribution in [-0.4, -0.2) is 36.9 Å². The van der Waals surface area contributed by atoms with E-state index in [9.17, 15) is 19.7 Å². The Bertz CT molecular complexity index is 1050. The fourth-order valence-corrected chi connectivity index (χ4v) is 3.58. The van der Waals surface area contributed by atoms with Gasteiger partial charge < -0.3 is 15.5 Å². The SMILES string of the molecule is CN(C(=O)c1cccs1)c1ccccc1C(=O)NCCNc1ccccc1[N+](=O)[O-]. The second-order valence-electron chi connectivity index (χ2n) is 6.32. The standard InChI is InChI=1S/C21H20N4O4S/c1-24(21(27)19-11-6-14-30-19)17-9-4-2-7-15(17)20(26)23-13-12-22-16-8-3-5-10-18(16)25(28)29/h2-11,14,22H,12-13H2,1H3,(H,23,26). The van der Waals surface area contributed by atoms with Crippen LogP contribution in [0, 0.1) is 10.1 Å². The van der Waals surface area contributed by atoms with Crippen molar-refractivity contribution in [1.82, 2.24) is 5.32 Å². The Balaban J connectivity index is 1.63. The molecule has 0 saturated carbocycles. The van der Waals surface area contributed by atoms with E-state index in [1.165, 1.54) is 22.3 Å². The van der Waals surface area contributed by atoms with E-state index in [0.29, 0.717) is 28.4 Å². The Morgan fingerprint density at radius 1 is 1.03 bits per heavy atom. The third-order valence-electron chi connectivity index (χ3n) is 4.37. The van der Waals surface area contributed by atoms with Crippen molar-refractivity contribution in [2.45, 2.75) is 0 Å². The van der Waals surface area contributed by atoms with Gasteiger partial charge in [-0.3, -0.25) is 19.7 Å². The molecule has 0 aliphatic carbocycles. The highest BCUT2D eigenvalue weighted by Gasteiger charge is 2.20. The number of para-hydroxylation sites is 3. The number of rotatable bonds is 8. The first-order chi connectivity index (χ1) is 14.5. The number of thiophene rings is 1. The topological polar surface area (TPSA) is 105 Å². The van der Waals surface area contributed by atoms with E-state index >= 15 is 0 Å². The van der Waals surface area contributed by atoms with Crippen molar-refractivity contribution in [3.8, 4) is 0 Å². The third kappa shape index (κ3) is 4.81. The maximum absolute atomic E-state index is 12.7. The summed E-state index contributed by atoms with van der Waals surface area (Å²) >= 11 is 1.34. The highest BCUT2D eigenvalue weighted by Crippen LogP contribution is 2.24. The summed E-state index contributed by atoms with van der Waals surface area (Å²) in [6, 6.07) is 16.7. The minimum Gasteiger partial charge on any atom is -0.378 e. The normalized spacial score (nSPS) is 10.3. The van der Waals surface area contributed by atoms with Gasteiger partial charge in [0.05, 0.1) is 21.1 Å². The van der Waals surface area contributed by atoms with E-state index in [1.54, 1.807) is 61.6 Å². The molecular weight excluding hydrogens is 404 g/mol. The Morgan fingerprint density at radius 3 is 2.50 bits per heavy atom. The van der Waals surface area contributed by atoms with Crippen molar-refractivity contribution in [2.75, 3.05) is 30.4 Å². The van der Waals surface area contributed by atoms with Crippen LogP contribution >= 0.6 is 11.3 Å². The van der Waals surface area contributed by atoms with Crippen LogP contribution in [0.25, 0.3) is 0 Å². The van der Waals surface area contributed by atoms with E-state index in [4.69, 9.17) is 0 Å². The number of nitro groups is 1. The Hall–Kier alpha value is -3.72. The van der Waals surface area contributed by atoms with Gasteiger partial charge in [0.25, 0.3) is 17.5 Å². The number of hydrogen-bond donors (Lipinski definition) is 2. The second-order valence-corrected chi connectivity index (χ2v) is 7.26. The maximum atomic E-state index is 12.7. The summed E-state index contributed by atoms with van der Waals surface area (Å²) in [5.74, 6) is -0.524. The summed E-state index contributed by atoms with van der Waals surface area (Å²) in [5.41, 5.74) is 1.23. The third-order valence-corrected chi connectivity index (χ3v) is 5.23. The molecule has 1 aromatic heterocycles. The number of carbonyl (C=O) groups is 2. The molecule has 0 aliphatic heterocycles. The lowest BCUT2D eigenvalue weighted by molar-refractivity contribution is -0.384. The Kier molecular flexibility index (Phi) is 6.76. The number of nitrogens with one attached hydrogen (secondary N) is 2. The van der Waals surface area contributed by atoms with Gasteiger partial charge in [0.15, 0.2) is 0 Å². The summed E-state index contributed by atoms with van der Waals surface area (Å²) in [4.78, 5) is 37.9. The first-order valence-corrected chi connectivity index (χ1v) is 10.0. The zero-order chi connectivity index (χ0) is 21.5. The van der Waals surface area contributed by atoms with Crippen LogP contribution in [0.4, 0.5) is 17.1 Å². The minimum atomic E-state index is -0.461. The van der Waals surface area contributed by atoms with E-state index in [-0.39, 0.29) is 24.0 Å². The van der Waals surface area contributed by atoms with Crippen LogP contribution in [0.3, 0.4) is 0 Å². The lowest BCUT2D eigenvalue weighted by Crippen LogP contribution is -2.32. The molecule has 30 heavy (non-hydrogen) atoms. The number of anilines is 2. The molecule has 0 spiro atoms. The van der Waals surface area contributed by atoms with Crippen molar-refractivity contribution in [3.05, 3.63) is 86.6 Å². The summed E-state index contributed by atoms with van der Waals surface area (Å²) in [6.07, 6.45) is 0. The van der Waals surface area contributed by atoms with Crippen molar-refractivity contribution < 1.29 is 14.5 Å². The van der Waals surface area contributed by atoms with Gasteiger partial charge in [0.2, 0.25) is 0 Å². The molecule has 2 N–H and O–H groups in total. The monoisotopic (exact) mass is 424 g/mol. The lowest BCUT2D eigenvalue weighted by Gasteiger charge is -2.20. The average molecular weight is 424 g/mol. The molecular formula is C21H20N4O4S. The quantitative estimate of drug-likeness (QED) is 0.325. The molecule has 0 unspecified atom stereocenters. The van der Waals surface area contributed by atoms with Gasteiger partial charge in [-0.1, -0.05) is 30.3 Å². The maximum Gasteiger partial charge on any atom is 0.292 e. The summed E-state index contributed by atoms with van der Waals surface area (Å²) in [5, 5.41) is 18.6. The first-order valence-electron chi connectivity index (χ1n) is 9.15. The molecule has 1 heterocycles.